The molecule has 27 heavy (non-hydrogen) atoms. The molecule has 3 aliphatic heterocycles. The molecule has 5 rings (SSSR count). The van der Waals surface area contributed by atoms with Crippen LogP contribution < -0.4 is 5.32 Å². The van der Waals surface area contributed by atoms with Crippen LogP contribution in [0.5, 0.6) is 0 Å². The zero-order chi connectivity index (χ0) is 18.8. The SMILES string of the molecule is O=C(Nc1ccccc1Cc1ccc(F)c(F)c1)OC1CN2CCC1CC2. The van der Waals surface area contributed by atoms with Crippen LogP contribution in [-0.4, -0.2) is 36.7 Å². The van der Waals surface area contributed by atoms with Gasteiger partial charge < -0.3 is 4.74 Å². The number of carbonyl (C=O) groups excluding carboxylic acids is 1. The van der Waals surface area contributed by atoms with E-state index in [0.29, 0.717) is 23.6 Å². The van der Waals surface area contributed by atoms with Crippen LogP contribution in [0.25, 0.3) is 0 Å². The van der Waals surface area contributed by atoms with Crippen LogP contribution in [0.2, 0.25) is 0 Å². The molecule has 0 radical (unpaired) electrons. The third-order valence-electron chi connectivity index (χ3n) is 5.49. The molecule has 1 unspecified atom stereocenters. The molecule has 2 bridgehead atoms. The zero-order valence-corrected chi connectivity index (χ0v) is 15.0. The number of anilines is 1. The maximum atomic E-state index is 13.5. The molecule has 1 atom stereocenters. The summed E-state index contributed by atoms with van der Waals surface area (Å²) in [6.07, 6.45) is 2.00. The molecule has 2 aromatic rings. The first-order chi connectivity index (χ1) is 13.1. The molecular formula is C21H22F2N2O2. The lowest BCUT2D eigenvalue weighted by atomic mass is 9.86. The van der Waals surface area contributed by atoms with E-state index in [4.69, 9.17) is 4.74 Å². The number of amides is 1. The van der Waals surface area contributed by atoms with Crippen LogP contribution in [0.4, 0.5) is 19.3 Å². The Kier molecular flexibility index (Phi) is 5.07. The summed E-state index contributed by atoms with van der Waals surface area (Å²) in [6.45, 7) is 2.97. The van der Waals surface area contributed by atoms with Crippen LogP contribution in [0, 0.1) is 17.6 Å². The summed E-state index contributed by atoms with van der Waals surface area (Å²) in [5.41, 5.74) is 2.07. The summed E-state index contributed by atoms with van der Waals surface area (Å²) in [6, 6.07) is 11.1. The molecule has 0 aromatic heterocycles. The number of benzene rings is 2. The summed E-state index contributed by atoms with van der Waals surface area (Å²) in [4.78, 5) is 14.7. The number of halogens is 2. The molecule has 0 spiro atoms. The van der Waals surface area contributed by atoms with Crippen LogP contribution in [0.15, 0.2) is 42.5 Å². The average Bonchev–Trinajstić information content (AvgIpc) is 2.67. The molecule has 1 amide bonds. The Morgan fingerprint density at radius 3 is 2.59 bits per heavy atom. The van der Waals surface area contributed by atoms with Crippen molar-refractivity contribution in [3.8, 4) is 0 Å². The maximum absolute atomic E-state index is 13.5. The molecular weight excluding hydrogens is 350 g/mol. The molecule has 3 saturated heterocycles. The Labute approximate surface area is 157 Å². The molecule has 6 heteroatoms. The van der Waals surface area contributed by atoms with Gasteiger partial charge in [0.15, 0.2) is 11.6 Å². The fraction of sp³-hybridized carbons (Fsp3) is 0.381. The quantitative estimate of drug-likeness (QED) is 0.875. The Bertz CT molecular complexity index is 835. The molecule has 0 saturated carbocycles. The second-order valence-corrected chi connectivity index (χ2v) is 7.29. The van der Waals surface area contributed by atoms with E-state index >= 15 is 0 Å². The van der Waals surface area contributed by atoms with Crippen LogP contribution in [0.3, 0.4) is 0 Å². The normalized spacial score (nSPS) is 23.9. The molecule has 1 N–H and O–H groups in total. The van der Waals surface area contributed by atoms with Crippen molar-refractivity contribution in [2.24, 2.45) is 5.92 Å². The average molecular weight is 372 g/mol. The van der Waals surface area contributed by atoms with Crippen molar-refractivity contribution in [3.05, 3.63) is 65.2 Å². The van der Waals surface area contributed by atoms with Gasteiger partial charge in [0.2, 0.25) is 0 Å². The summed E-state index contributed by atoms with van der Waals surface area (Å²) >= 11 is 0. The van der Waals surface area contributed by atoms with Crippen molar-refractivity contribution in [1.82, 2.24) is 4.90 Å². The van der Waals surface area contributed by atoms with Crippen molar-refractivity contribution in [3.63, 3.8) is 0 Å². The van der Waals surface area contributed by atoms with E-state index in [1.54, 1.807) is 12.1 Å². The van der Waals surface area contributed by atoms with Crippen LogP contribution >= 0.6 is 0 Å². The van der Waals surface area contributed by atoms with Crippen molar-refractivity contribution in [1.29, 1.82) is 0 Å². The minimum absolute atomic E-state index is 0.0640. The topological polar surface area (TPSA) is 41.6 Å². The first kappa shape index (κ1) is 17.9. The van der Waals surface area contributed by atoms with Gasteiger partial charge in [-0.3, -0.25) is 10.2 Å². The highest BCUT2D eigenvalue weighted by molar-refractivity contribution is 5.86. The summed E-state index contributed by atoms with van der Waals surface area (Å²) < 4.78 is 32.2. The summed E-state index contributed by atoms with van der Waals surface area (Å²) in [5, 5.41) is 2.82. The van der Waals surface area contributed by atoms with Gasteiger partial charge in [-0.2, -0.15) is 0 Å². The highest BCUT2D eigenvalue weighted by Crippen LogP contribution is 2.30. The highest BCUT2D eigenvalue weighted by Gasteiger charge is 2.36. The maximum Gasteiger partial charge on any atom is 0.411 e. The summed E-state index contributed by atoms with van der Waals surface area (Å²) in [5.74, 6) is -1.30. The number of rotatable bonds is 4. The number of piperidine rings is 3. The van der Waals surface area contributed by atoms with Gasteiger partial charge in [-0.25, -0.2) is 13.6 Å². The van der Waals surface area contributed by atoms with Gasteiger partial charge in [-0.15, -0.1) is 0 Å². The predicted molar refractivity (Wildman–Crippen MR) is 98.7 cm³/mol. The highest BCUT2D eigenvalue weighted by atomic mass is 19.2. The summed E-state index contributed by atoms with van der Waals surface area (Å²) in [7, 11) is 0. The lowest BCUT2D eigenvalue weighted by Gasteiger charge is -2.43. The Balaban J connectivity index is 1.43. The first-order valence-electron chi connectivity index (χ1n) is 9.30. The van der Waals surface area contributed by atoms with Crippen LogP contribution in [-0.2, 0) is 11.2 Å². The number of hydrogen-bond donors (Lipinski definition) is 1. The largest absolute Gasteiger partial charge is 0.444 e. The molecule has 3 fully saturated rings. The van der Waals surface area contributed by atoms with Crippen LogP contribution in [0.1, 0.15) is 24.0 Å². The van der Waals surface area contributed by atoms with Gasteiger partial charge in [-0.1, -0.05) is 24.3 Å². The number of nitrogens with one attached hydrogen (secondary N) is 1. The van der Waals surface area contributed by atoms with Gasteiger partial charge >= 0.3 is 6.09 Å². The predicted octanol–water partition coefficient (Wildman–Crippen LogP) is 4.20. The van der Waals surface area contributed by atoms with E-state index < -0.39 is 17.7 Å². The second-order valence-electron chi connectivity index (χ2n) is 7.29. The van der Waals surface area contributed by atoms with Crippen molar-refractivity contribution < 1.29 is 18.3 Å². The number of nitrogens with zero attached hydrogens (tertiary/aromatic N) is 1. The number of carbonyl (C=O) groups is 1. The molecule has 2 aromatic carbocycles. The Hall–Kier alpha value is -2.47. The van der Waals surface area contributed by atoms with E-state index in [-0.39, 0.29) is 6.10 Å². The zero-order valence-electron chi connectivity index (χ0n) is 15.0. The third-order valence-corrected chi connectivity index (χ3v) is 5.49. The van der Waals surface area contributed by atoms with E-state index in [2.05, 4.69) is 10.2 Å². The number of para-hydroxylation sites is 1. The number of ether oxygens (including phenoxy) is 1. The third kappa shape index (κ3) is 4.11. The molecule has 3 aliphatic rings. The molecule has 0 aliphatic carbocycles. The fourth-order valence-electron chi connectivity index (χ4n) is 3.99. The fourth-order valence-corrected chi connectivity index (χ4v) is 3.99. The monoisotopic (exact) mass is 372 g/mol. The minimum atomic E-state index is -0.875. The van der Waals surface area contributed by atoms with E-state index in [9.17, 15) is 13.6 Å². The molecule has 3 heterocycles. The van der Waals surface area contributed by atoms with Crippen molar-refractivity contribution >= 4 is 11.8 Å². The first-order valence-corrected chi connectivity index (χ1v) is 9.30. The second kappa shape index (κ2) is 7.64. The minimum Gasteiger partial charge on any atom is -0.444 e. The van der Waals surface area contributed by atoms with Gasteiger partial charge in [0.05, 0.1) is 0 Å². The van der Waals surface area contributed by atoms with E-state index in [1.807, 2.05) is 18.2 Å². The molecule has 142 valence electrons. The van der Waals surface area contributed by atoms with E-state index in [1.165, 1.54) is 6.07 Å². The van der Waals surface area contributed by atoms with Gasteiger partial charge in [0.25, 0.3) is 0 Å². The molecule has 4 nitrogen and oxygen atoms in total. The smallest absolute Gasteiger partial charge is 0.411 e. The number of fused-ring (bicyclic) bond motifs is 3. The van der Waals surface area contributed by atoms with E-state index in [0.717, 1.165) is 44.1 Å². The standard InChI is InChI=1S/C21H22F2N2O2/c22-17-6-5-14(12-18(17)23)11-16-3-1-2-4-19(16)24-21(26)27-20-13-25-9-7-15(20)8-10-25/h1-6,12,15,20H,7-11,13H2,(H,24,26). The lowest BCUT2D eigenvalue weighted by Crippen LogP contribution is -2.52. The van der Waals surface area contributed by atoms with Crippen molar-refractivity contribution in [2.45, 2.75) is 25.4 Å². The van der Waals surface area contributed by atoms with Gasteiger partial charge in [-0.05, 0) is 67.6 Å². The Morgan fingerprint density at radius 2 is 1.89 bits per heavy atom. The lowest BCUT2D eigenvalue weighted by molar-refractivity contribution is -0.0289. The Morgan fingerprint density at radius 1 is 1.11 bits per heavy atom. The number of hydrogen-bond acceptors (Lipinski definition) is 3. The van der Waals surface area contributed by atoms with Gasteiger partial charge in [0.1, 0.15) is 6.10 Å². The van der Waals surface area contributed by atoms with Gasteiger partial charge in [0, 0.05) is 12.2 Å². The van der Waals surface area contributed by atoms with Crippen molar-refractivity contribution in [2.75, 3.05) is 25.0 Å².